The van der Waals surface area contributed by atoms with Crippen LogP contribution >= 0.6 is 0 Å². The van der Waals surface area contributed by atoms with Gasteiger partial charge in [-0.15, -0.1) is 0 Å². The Morgan fingerprint density at radius 3 is 2.71 bits per heavy atom. The maximum Gasteiger partial charge on any atom is 0.0650 e. The van der Waals surface area contributed by atoms with E-state index in [1.165, 1.54) is 19.3 Å². The van der Waals surface area contributed by atoms with Crippen molar-refractivity contribution in [2.45, 2.75) is 31.8 Å². The van der Waals surface area contributed by atoms with Crippen LogP contribution in [0.25, 0.3) is 0 Å². The van der Waals surface area contributed by atoms with Crippen LogP contribution in [0.5, 0.6) is 0 Å². The van der Waals surface area contributed by atoms with E-state index in [1.54, 1.807) is 0 Å². The summed E-state index contributed by atoms with van der Waals surface area (Å²) in [6, 6.07) is 2.02. The van der Waals surface area contributed by atoms with Gasteiger partial charge in [0.15, 0.2) is 0 Å². The molecule has 2 bridgehead atoms. The van der Waals surface area contributed by atoms with Crippen LogP contribution in [0.15, 0.2) is 12.3 Å². The number of rotatable bonds is 3. The molecule has 0 radical (unpaired) electrons. The number of hydrogen-bond acceptors (Lipinski definition) is 2. The number of aromatic nitrogens is 2. The summed E-state index contributed by atoms with van der Waals surface area (Å²) in [4.78, 5) is 0. The molecule has 0 aromatic carbocycles. The van der Waals surface area contributed by atoms with Gasteiger partial charge in [0.2, 0.25) is 0 Å². The molecule has 0 spiro atoms. The van der Waals surface area contributed by atoms with E-state index < -0.39 is 0 Å². The fourth-order valence-corrected chi connectivity index (χ4v) is 4.83. The minimum Gasteiger partial charge on any atom is -0.392 e. The van der Waals surface area contributed by atoms with Crippen LogP contribution in [0, 0.1) is 29.6 Å². The molecule has 3 saturated carbocycles. The molecule has 1 aromatic heterocycles. The predicted octanol–water partition coefficient (Wildman–Crippen LogP) is 1.62. The zero-order chi connectivity index (χ0) is 11.6. The lowest BCUT2D eigenvalue weighted by Gasteiger charge is -2.13. The molecule has 3 aliphatic rings. The van der Waals surface area contributed by atoms with Gasteiger partial charge in [0.25, 0.3) is 0 Å². The Hall–Kier alpha value is -0.830. The van der Waals surface area contributed by atoms with Crippen LogP contribution in [0.2, 0.25) is 0 Å². The Bertz CT molecular complexity index is 425. The monoisotopic (exact) mass is 232 g/mol. The van der Waals surface area contributed by atoms with Crippen LogP contribution in [-0.4, -0.2) is 21.0 Å². The molecule has 3 heteroatoms. The highest BCUT2D eigenvalue weighted by atomic mass is 16.3. The average Bonchev–Trinajstić information content (AvgIpc) is 2.65. The Labute approximate surface area is 102 Å². The van der Waals surface area contributed by atoms with Crippen molar-refractivity contribution in [2.24, 2.45) is 36.6 Å². The van der Waals surface area contributed by atoms with Gasteiger partial charge in [0, 0.05) is 19.7 Å². The van der Waals surface area contributed by atoms with E-state index in [-0.39, 0.29) is 6.10 Å². The standard InChI is InChI=1S/C14H20N2O/c1-16-5-4-10(15-16)7-11(17)14-12-8-2-3-9(6-8)13(12)14/h4-5,8-9,11-14,17H,2-3,6-7H2,1H3. The van der Waals surface area contributed by atoms with Crippen molar-refractivity contribution < 1.29 is 5.11 Å². The van der Waals surface area contributed by atoms with Crippen LogP contribution in [-0.2, 0) is 13.5 Å². The van der Waals surface area contributed by atoms with Crippen molar-refractivity contribution in [2.75, 3.05) is 0 Å². The van der Waals surface area contributed by atoms with E-state index in [0.717, 1.165) is 35.8 Å². The first-order chi connectivity index (χ1) is 8.24. The second-order valence-electron chi connectivity index (χ2n) is 6.32. The summed E-state index contributed by atoms with van der Waals surface area (Å²) >= 11 is 0. The third-order valence-electron chi connectivity index (χ3n) is 5.43. The maximum absolute atomic E-state index is 10.4. The van der Waals surface area contributed by atoms with Crippen LogP contribution in [0.1, 0.15) is 25.0 Å². The summed E-state index contributed by atoms with van der Waals surface area (Å²) in [5.41, 5.74) is 1.04. The van der Waals surface area contributed by atoms with Gasteiger partial charge >= 0.3 is 0 Å². The molecule has 3 fully saturated rings. The van der Waals surface area contributed by atoms with Gasteiger partial charge in [-0.3, -0.25) is 4.68 Å². The third-order valence-corrected chi connectivity index (χ3v) is 5.43. The van der Waals surface area contributed by atoms with E-state index in [4.69, 9.17) is 0 Å². The maximum atomic E-state index is 10.4. The Kier molecular flexibility index (Phi) is 1.99. The largest absolute Gasteiger partial charge is 0.392 e. The minimum atomic E-state index is -0.150. The smallest absolute Gasteiger partial charge is 0.0650 e. The number of hydrogen-bond donors (Lipinski definition) is 1. The zero-order valence-corrected chi connectivity index (χ0v) is 10.3. The summed E-state index contributed by atoms with van der Waals surface area (Å²) in [6.45, 7) is 0. The number of aryl methyl sites for hydroxylation is 1. The first kappa shape index (κ1) is 10.1. The van der Waals surface area contributed by atoms with Gasteiger partial charge in [0.1, 0.15) is 0 Å². The van der Waals surface area contributed by atoms with Gasteiger partial charge in [-0.25, -0.2) is 0 Å². The minimum absolute atomic E-state index is 0.150. The number of fused-ring (bicyclic) bond motifs is 5. The van der Waals surface area contributed by atoms with Gasteiger partial charge in [-0.1, -0.05) is 0 Å². The van der Waals surface area contributed by atoms with E-state index in [1.807, 2.05) is 24.0 Å². The number of aliphatic hydroxyl groups excluding tert-OH is 1. The topological polar surface area (TPSA) is 38.0 Å². The third kappa shape index (κ3) is 1.41. The molecule has 5 atom stereocenters. The fraction of sp³-hybridized carbons (Fsp3) is 0.786. The lowest BCUT2D eigenvalue weighted by Crippen LogP contribution is -2.18. The summed E-state index contributed by atoms with van der Waals surface area (Å²) in [6.07, 6.45) is 6.87. The molecule has 5 unspecified atom stereocenters. The van der Waals surface area contributed by atoms with Gasteiger partial charge in [0.05, 0.1) is 11.8 Å². The highest BCUT2D eigenvalue weighted by Gasteiger charge is 2.66. The van der Waals surface area contributed by atoms with E-state index in [0.29, 0.717) is 5.92 Å². The molecule has 3 aliphatic carbocycles. The average molecular weight is 232 g/mol. The van der Waals surface area contributed by atoms with E-state index >= 15 is 0 Å². The van der Waals surface area contributed by atoms with Crippen molar-refractivity contribution in [1.82, 2.24) is 9.78 Å². The normalized spacial score (nSPS) is 43.8. The Morgan fingerprint density at radius 2 is 2.12 bits per heavy atom. The molecule has 1 aromatic rings. The van der Waals surface area contributed by atoms with Crippen molar-refractivity contribution in [3.8, 4) is 0 Å². The SMILES string of the molecule is Cn1ccc(CC(O)C2C3C4CCC(C4)C23)n1. The van der Waals surface area contributed by atoms with Crippen molar-refractivity contribution in [3.63, 3.8) is 0 Å². The summed E-state index contributed by atoms with van der Waals surface area (Å²) in [7, 11) is 1.93. The first-order valence-corrected chi connectivity index (χ1v) is 6.90. The molecule has 0 amide bonds. The molecule has 17 heavy (non-hydrogen) atoms. The van der Waals surface area contributed by atoms with Gasteiger partial charge in [-0.2, -0.15) is 5.10 Å². The van der Waals surface area contributed by atoms with Crippen LogP contribution in [0.4, 0.5) is 0 Å². The van der Waals surface area contributed by atoms with Crippen molar-refractivity contribution >= 4 is 0 Å². The van der Waals surface area contributed by atoms with Crippen molar-refractivity contribution in [1.29, 1.82) is 0 Å². The van der Waals surface area contributed by atoms with Crippen molar-refractivity contribution in [3.05, 3.63) is 18.0 Å². The van der Waals surface area contributed by atoms with E-state index in [9.17, 15) is 5.11 Å². The molecular weight excluding hydrogens is 212 g/mol. The summed E-state index contributed by atoms with van der Waals surface area (Å²) in [5.74, 6) is 4.24. The molecule has 0 saturated heterocycles. The second-order valence-corrected chi connectivity index (χ2v) is 6.32. The number of nitrogens with zero attached hydrogens (tertiary/aromatic N) is 2. The predicted molar refractivity (Wildman–Crippen MR) is 64.2 cm³/mol. The fourth-order valence-electron chi connectivity index (χ4n) is 4.83. The molecule has 3 nitrogen and oxygen atoms in total. The first-order valence-electron chi connectivity index (χ1n) is 6.90. The number of aliphatic hydroxyl groups is 1. The van der Waals surface area contributed by atoms with Gasteiger partial charge < -0.3 is 5.11 Å². The lowest BCUT2D eigenvalue weighted by atomic mass is 9.97. The van der Waals surface area contributed by atoms with Crippen LogP contribution in [0.3, 0.4) is 0 Å². The molecule has 1 N–H and O–H groups in total. The Morgan fingerprint density at radius 1 is 1.41 bits per heavy atom. The lowest BCUT2D eigenvalue weighted by molar-refractivity contribution is 0.127. The summed E-state index contributed by atoms with van der Waals surface area (Å²) < 4.78 is 1.82. The van der Waals surface area contributed by atoms with E-state index in [2.05, 4.69) is 5.10 Å². The molecule has 0 aliphatic heterocycles. The zero-order valence-electron chi connectivity index (χ0n) is 10.3. The highest BCUT2D eigenvalue weighted by molar-refractivity contribution is 5.16. The summed E-state index contributed by atoms with van der Waals surface area (Å²) in [5, 5.41) is 14.7. The Balaban J connectivity index is 1.44. The molecule has 4 rings (SSSR count). The van der Waals surface area contributed by atoms with Gasteiger partial charge in [-0.05, 0) is 54.9 Å². The molecule has 1 heterocycles. The van der Waals surface area contributed by atoms with Crippen LogP contribution < -0.4 is 0 Å². The quantitative estimate of drug-likeness (QED) is 0.860. The molecule has 92 valence electrons. The molecular formula is C14H20N2O. The second kappa shape index (κ2) is 3.35. The highest BCUT2D eigenvalue weighted by Crippen LogP contribution is 2.70.